The van der Waals surface area contributed by atoms with Gasteiger partial charge in [-0.3, -0.25) is 14.9 Å². The van der Waals surface area contributed by atoms with Crippen molar-refractivity contribution >= 4 is 23.4 Å². The van der Waals surface area contributed by atoms with Crippen molar-refractivity contribution in [3.8, 4) is 6.07 Å². The van der Waals surface area contributed by atoms with E-state index in [1.807, 2.05) is 0 Å². The molecule has 1 aromatic heterocycles. The SMILES string of the molecule is CC(CSc1ccc([N+](=O)[O-])c(C#N)n1)C(=O)O. The van der Waals surface area contributed by atoms with Crippen LogP contribution in [0, 0.1) is 27.4 Å². The summed E-state index contributed by atoms with van der Waals surface area (Å²) in [5.41, 5.74) is -0.624. The molecule has 0 amide bonds. The summed E-state index contributed by atoms with van der Waals surface area (Å²) < 4.78 is 0. The summed E-state index contributed by atoms with van der Waals surface area (Å²) in [5.74, 6) is -1.20. The summed E-state index contributed by atoms with van der Waals surface area (Å²) in [5, 5.41) is 28.4. The minimum Gasteiger partial charge on any atom is -0.481 e. The lowest BCUT2D eigenvalue weighted by Gasteiger charge is -2.05. The summed E-state index contributed by atoms with van der Waals surface area (Å²) in [7, 11) is 0. The van der Waals surface area contributed by atoms with Crippen LogP contribution in [-0.2, 0) is 4.79 Å². The van der Waals surface area contributed by atoms with Crippen LogP contribution < -0.4 is 0 Å². The molecule has 0 saturated carbocycles. The first kappa shape index (κ1) is 13.9. The first-order chi connectivity index (χ1) is 8.45. The van der Waals surface area contributed by atoms with E-state index in [2.05, 4.69) is 4.98 Å². The molecule has 94 valence electrons. The number of nitriles is 1. The zero-order valence-corrected chi connectivity index (χ0v) is 10.2. The zero-order chi connectivity index (χ0) is 13.7. The lowest BCUT2D eigenvalue weighted by Crippen LogP contribution is -2.11. The van der Waals surface area contributed by atoms with Gasteiger partial charge in [-0.2, -0.15) is 5.26 Å². The Morgan fingerprint density at radius 2 is 2.39 bits per heavy atom. The van der Waals surface area contributed by atoms with Crippen LogP contribution in [0.4, 0.5) is 5.69 Å². The molecule has 7 nitrogen and oxygen atoms in total. The van der Waals surface area contributed by atoms with E-state index >= 15 is 0 Å². The smallest absolute Gasteiger partial charge is 0.307 e. The molecule has 8 heteroatoms. The number of rotatable bonds is 5. The van der Waals surface area contributed by atoms with E-state index in [1.54, 1.807) is 13.0 Å². The zero-order valence-electron chi connectivity index (χ0n) is 9.36. The van der Waals surface area contributed by atoms with Crippen LogP contribution in [0.3, 0.4) is 0 Å². The fourth-order valence-corrected chi connectivity index (χ4v) is 1.91. The summed E-state index contributed by atoms with van der Waals surface area (Å²) >= 11 is 1.14. The lowest BCUT2D eigenvalue weighted by molar-refractivity contribution is -0.385. The maximum atomic E-state index is 10.6. The predicted octanol–water partition coefficient (Wildman–Crippen LogP) is 1.67. The maximum absolute atomic E-state index is 10.6. The molecule has 1 atom stereocenters. The van der Waals surface area contributed by atoms with Crippen molar-refractivity contribution in [1.82, 2.24) is 4.98 Å². The average Bonchev–Trinajstić information content (AvgIpc) is 2.34. The van der Waals surface area contributed by atoms with Crippen LogP contribution in [-0.4, -0.2) is 26.7 Å². The molecule has 0 bridgehead atoms. The van der Waals surface area contributed by atoms with Crippen molar-refractivity contribution in [2.45, 2.75) is 11.9 Å². The normalized spacial score (nSPS) is 11.6. The highest BCUT2D eigenvalue weighted by Crippen LogP contribution is 2.23. The van der Waals surface area contributed by atoms with Crippen LogP contribution in [0.2, 0.25) is 0 Å². The topological polar surface area (TPSA) is 117 Å². The summed E-state index contributed by atoms with van der Waals surface area (Å²) in [6.45, 7) is 1.55. The van der Waals surface area contributed by atoms with E-state index in [4.69, 9.17) is 10.4 Å². The Bertz CT molecular complexity index is 526. The third-order valence-electron chi connectivity index (χ3n) is 2.05. The molecule has 1 heterocycles. The van der Waals surface area contributed by atoms with Gasteiger partial charge in [0, 0.05) is 11.8 Å². The van der Waals surface area contributed by atoms with Gasteiger partial charge in [-0.1, -0.05) is 6.92 Å². The molecule has 1 aromatic rings. The first-order valence-corrected chi connectivity index (χ1v) is 5.85. The van der Waals surface area contributed by atoms with Gasteiger partial charge in [-0.15, -0.1) is 11.8 Å². The maximum Gasteiger partial charge on any atom is 0.307 e. The van der Waals surface area contributed by atoms with Crippen molar-refractivity contribution in [3.05, 3.63) is 27.9 Å². The largest absolute Gasteiger partial charge is 0.481 e. The second-order valence-corrected chi connectivity index (χ2v) is 4.48. The number of carbonyl (C=O) groups is 1. The van der Waals surface area contributed by atoms with Gasteiger partial charge in [0.1, 0.15) is 6.07 Å². The van der Waals surface area contributed by atoms with Gasteiger partial charge in [0.05, 0.1) is 15.9 Å². The van der Waals surface area contributed by atoms with Gasteiger partial charge in [0.15, 0.2) is 0 Å². The molecule has 1 rings (SSSR count). The fraction of sp³-hybridized carbons (Fsp3) is 0.300. The Labute approximate surface area is 107 Å². The molecule has 0 aromatic carbocycles. The van der Waals surface area contributed by atoms with Crippen molar-refractivity contribution in [2.24, 2.45) is 5.92 Å². The van der Waals surface area contributed by atoms with Crippen molar-refractivity contribution in [2.75, 3.05) is 5.75 Å². The highest BCUT2D eigenvalue weighted by Gasteiger charge is 2.17. The average molecular weight is 267 g/mol. The Morgan fingerprint density at radius 3 is 2.89 bits per heavy atom. The van der Waals surface area contributed by atoms with Gasteiger partial charge in [0.25, 0.3) is 0 Å². The van der Waals surface area contributed by atoms with Crippen LogP contribution in [0.5, 0.6) is 0 Å². The number of aromatic nitrogens is 1. The summed E-state index contributed by atoms with van der Waals surface area (Å²) in [4.78, 5) is 24.3. The van der Waals surface area contributed by atoms with E-state index in [-0.39, 0.29) is 17.1 Å². The van der Waals surface area contributed by atoms with Gasteiger partial charge in [0.2, 0.25) is 5.69 Å². The van der Waals surface area contributed by atoms with Crippen LogP contribution >= 0.6 is 11.8 Å². The first-order valence-electron chi connectivity index (χ1n) is 4.87. The molecule has 0 spiro atoms. The number of nitro groups is 1. The van der Waals surface area contributed by atoms with E-state index in [9.17, 15) is 14.9 Å². The number of pyridine rings is 1. The molecular formula is C10H9N3O4S. The number of hydrogen-bond donors (Lipinski definition) is 1. The molecule has 0 saturated heterocycles. The van der Waals surface area contributed by atoms with Gasteiger partial charge in [-0.05, 0) is 6.07 Å². The van der Waals surface area contributed by atoms with E-state index < -0.39 is 16.8 Å². The number of carboxylic acid groups (broad SMARTS) is 1. The number of aliphatic carboxylic acids is 1. The Kier molecular flexibility index (Phi) is 4.62. The van der Waals surface area contributed by atoms with Crippen LogP contribution in [0.15, 0.2) is 17.2 Å². The van der Waals surface area contributed by atoms with E-state index in [1.165, 1.54) is 12.1 Å². The quantitative estimate of drug-likeness (QED) is 0.489. The minimum absolute atomic E-state index is 0.270. The molecule has 18 heavy (non-hydrogen) atoms. The highest BCUT2D eigenvalue weighted by atomic mass is 32.2. The Balaban J connectivity index is 2.84. The van der Waals surface area contributed by atoms with E-state index in [0.29, 0.717) is 5.03 Å². The van der Waals surface area contributed by atoms with Crippen molar-refractivity contribution in [1.29, 1.82) is 5.26 Å². The summed E-state index contributed by atoms with van der Waals surface area (Å²) in [6, 6.07) is 4.24. The predicted molar refractivity (Wildman–Crippen MR) is 63.1 cm³/mol. The Hall–Kier alpha value is -2.14. The molecule has 1 unspecified atom stereocenters. The third-order valence-corrected chi connectivity index (χ3v) is 3.24. The molecule has 0 aliphatic carbocycles. The third kappa shape index (κ3) is 3.43. The number of carboxylic acids is 1. The van der Waals surface area contributed by atoms with Crippen LogP contribution in [0.25, 0.3) is 0 Å². The number of nitrogens with zero attached hydrogens (tertiary/aromatic N) is 3. The standard InChI is InChI=1S/C10H9N3O4S/c1-6(10(14)15)5-18-9-3-2-8(13(16)17)7(4-11)12-9/h2-3,6H,5H2,1H3,(H,14,15). The van der Waals surface area contributed by atoms with Crippen molar-refractivity contribution < 1.29 is 14.8 Å². The second kappa shape index (κ2) is 5.97. The molecular weight excluding hydrogens is 258 g/mol. The minimum atomic E-state index is -0.926. The summed E-state index contributed by atoms with van der Waals surface area (Å²) in [6.07, 6.45) is 0. The molecule has 0 radical (unpaired) electrons. The molecule has 0 fully saturated rings. The number of hydrogen-bond acceptors (Lipinski definition) is 6. The molecule has 0 aliphatic heterocycles. The molecule has 0 aliphatic rings. The van der Waals surface area contributed by atoms with Gasteiger partial charge >= 0.3 is 11.7 Å². The monoisotopic (exact) mass is 267 g/mol. The van der Waals surface area contributed by atoms with Crippen molar-refractivity contribution in [3.63, 3.8) is 0 Å². The Morgan fingerprint density at radius 1 is 1.72 bits per heavy atom. The number of thioether (sulfide) groups is 1. The lowest BCUT2D eigenvalue weighted by atomic mass is 10.2. The van der Waals surface area contributed by atoms with Gasteiger partial charge < -0.3 is 5.11 Å². The highest BCUT2D eigenvalue weighted by molar-refractivity contribution is 7.99. The van der Waals surface area contributed by atoms with E-state index in [0.717, 1.165) is 11.8 Å². The fourth-order valence-electron chi connectivity index (χ4n) is 1.03. The molecule has 1 N–H and O–H groups in total. The second-order valence-electron chi connectivity index (χ2n) is 3.44. The van der Waals surface area contributed by atoms with Crippen LogP contribution in [0.1, 0.15) is 12.6 Å². The van der Waals surface area contributed by atoms with Gasteiger partial charge in [-0.25, -0.2) is 4.98 Å².